The molecular formula is C8H17NO2S2. The summed E-state index contributed by atoms with van der Waals surface area (Å²) >= 11 is 5.56. The van der Waals surface area contributed by atoms with Crippen LogP contribution in [0.2, 0.25) is 0 Å². The molecule has 1 amide bonds. The molecule has 2 N–H and O–H groups in total. The Bertz CT molecular complexity index is 160. The van der Waals surface area contributed by atoms with Crippen molar-refractivity contribution >= 4 is 30.3 Å². The summed E-state index contributed by atoms with van der Waals surface area (Å²) in [7, 11) is 0. The Morgan fingerprint density at radius 3 is 2.46 bits per heavy atom. The first kappa shape index (κ1) is 13.1. The molecule has 0 aliphatic rings. The Balaban J connectivity index is 3.97. The second kappa shape index (κ2) is 6.56. The highest BCUT2D eigenvalue weighted by molar-refractivity contribution is 7.99. The minimum absolute atomic E-state index is 0.0258. The first-order valence-corrected chi connectivity index (χ1v) is 5.95. The molecule has 0 spiro atoms. The lowest BCUT2D eigenvalue weighted by Crippen LogP contribution is -2.43. The van der Waals surface area contributed by atoms with E-state index in [0.717, 1.165) is 0 Å². The van der Waals surface area contributed by atoms with Gasteiger partial charge in [0, 0.05) is 11.3 Å². The lowest BCUT2D eigenvalue weighted by atomic mass is 10.2. The van der Waals surface area contributed by atoms with E-state index in [0.29, 0.717) is 0 Å². The summed E-state index contributed by atoms with van der Waals surface area (Å²) in [5.41, 5.74) is 0. The molecule has 0 aliphatic heterocycles. The van der Waals surface area contributed by atoms with Crippen LogP contribution in [-0.4, -0.2) is 40.4 Å². The summed E-state index contributed by atoms with van der Waals surface area (Å²) in [5, 5.41) is 11.5. The third-order valence-corrected chi connectivity index (χ3v) is 3.19. The lowest BCUT2D eigenvalue weighted by Gasteiger charge is -2.21. The van der Waals surface area contributed by atoms with Crippen LogP contribution >= 0.6 is 24.4 Å². The molecule has 5 heteroatoms. The minimum Gasteiger partial charge on any atom is -0.395 e. The standard InChI is InChI=1S/C8H17NO2S2/c1-5(7(4-10)13-3)9-8(11)6(2)12/h5-7,10,12H,4H2,1-3H3,(H,9,11). The van der Waals surface area contributed by atoms with Crippen molar-refractivity contribution in [3.63, 3.8) is 0 Å². The van der Waals surface area contributed by atoms with Gasteiger partial charge >= 0.3 is 0 Å². The second-order valence-corrected chi connectivity index (χ2v) is 4.78. The Labute approximate surface area is 89.1 Å². The quantitative estimate of drug-likeness (QED) is 0.596. The maximum atomic E-state index is 11.2. The number of hydrogen-bond acceptors (Lipinski definition) is 4. The number of carbonyl (C=O) groups excluding carboxylic acids is 1. The molecule has 0 aromatic carbocycles. The van der Waals surface area contributed by atoms with E-state index >= 15 is 0 Å². The van der Waals surface area contributed by atoms with Gasteiger partial charge in [0.15, 0.2) is 0 Å². The molecule has 0 saturated heterocycles. The number of thioether (sulfide) groups is 1. The van der Waals surface area contributed by atoms with Crippen LogP contribution in [-0.2, 0) is 4.79 Å². The Kier molecular flexibility index (Phi) is 6.63. The van der Waals surface area contributed by atoms with Gasteiger partial charge in [0.1, 0.15) is 0 Å². The number of aliphatic hydroxyl groups is 1. The molecule has 0 fully saturated rings. The van der Waals surface area contributed by atoms with Gasteiger partial charge in [-0.05, 0) is 20.1 Å². The predicted octanol–water partition coefficient (Wildman–Crippen LogP) is 0.533. The molecule has 0 aromatic heterocycles. The van der Waals surface area contributed by atoms with Gasteiger partial charge in [-0.25, -0.2) is 0 Å². The summed E-state index contributed by atoms with van der Waals surface area (Å²) in [6.45, 7) is 3.67. The molecule has 0 bridgehead atoms. The number of thiol groups is 1. The van der Waals surface area contributed by atoms with Gasteiger partial charge in [-0.2, -0.15) is 24.4 Å². The first-order valence-electron chi connectivity index (χ1n) is 4.15. The Morgan fingerprint density at radius 2 is 2.15 bits per heavy atom. The van der Waals surface area contributed by atoms with Crippen molar-refractivity contribution in [1.82, 2.24) is 5.32 Å². The van der Waals surface area contributed by atoms with Crippen molar-refractivity contribution < 1.29 is 9.90 Å². The van der Waals surface area contributed by atoms with Crippen LogP contribution in [0.1, 0.15) is 13.8 Å². The highest BCUT2D eigenvalue weighted by Gasteiger charge is 2.18. The maximum Gasteiger partial charge on any atom is 0.232 e. The maximum absolute atomic E-state index is 11.2. The number of rotatable bonds is 5. The summed E-state index contributed by atoms with van der Waals surface area (Å²) in [4.78, 5) is 11.2. The highest BCUT2D eigenvalue weighted by Crippen LogP contribution is 2.10. The van der Waals surface area contributed by atoms with E-state index in [1.165, 1.54) is 0 Å². The number of aliphatic hydroxyl groups excluding tert-OH is 1. The topological polar surface area (TPSA) is 49.3 Å². The summed E-state index contributed by atoms with van der Waals surface area (Å²) < 4.78 is 0. The van der Waals surface area contributed by atoms with Crippen LogP contribution in [0.3, 0.4) is 0 Å². The molecule has 0 aromatic rings. The molecule has 13 heavy (non-hydrogen) atoms. The number of carbonyl (C=O) groups is 1. The van der Waals surface area contributed by atoms with E-state index in [1.54, 1.807) is 18.7 Å². The van der Waals surface area contributed by atoms with Crippen LogP contribution in [0.4, 0.5) is 0 Å². The second-order valence-electron chi connectivity index (χ2n) is 2.93. The molecular weight excluding hydrogens is 206 g/mol. The number of nitrogens with one attached hydrogen (secondary N) is 1. The third-order valence-electron chi connectivity index (χ3n) is 1.79. The van der Waals surface area contributed by atoms with E-state index in [4.69, 9.17) is 5.11 Å². The molecule has 78 valence electrons. The molecule has 3 atom stereocenters. The van der Waals surface area contributed by atoms with Crippen molar-refractivity contribution in [2.45, 2.75) is 30.4 Å². The lowest BCUT2D eigenvalue weighted by molar-refractivity contribution is -0.120. The van der Waals surface area contributed by atoms with Gasteiger partial charge < -0.3 is 10.4 Å². The van der Waals surface area contributed by atoms with Crippen LogP contribution in [0.15, 0.2) is 0 Å². The van der Waals surface area contributed by atoms with Crippen molar-refractivity contribution in [2.24, 2.45) is 0 Å². The SMILES string of the molecule is CSC(CO)C(C)NC(=O)C(C)S. The number of amides is 1. The van der Waals surface area contributed by atoms with E-state index in [9.17, 15) is 4.79 Å². The first-order chi connectivity index (χ1) is 6.02. The molecule has 3 unspecified atom stereocenters. The minimum atomic E-state index is -0.302. The largest absolute Gasteiger partial charge is 0.395 e. The third kappa shape index (κ3) is 4.78. The van der Waals surface area contributed by atoms with Crippen molar-refractivity contribution in [3.8, 4) is 0 Å². The van der Waals surface area contributed by atoms with Crippen LogP contribution in [0.25, 0.3) is 0 Å². The van der Waals surface area contributed by atoms with E-state index in [2.05, 4.69) is 17.9 Å². The van der Waals surface area contributed by atoms with Gasteiger partial charge in [0.2, 0.25) is 5.91 Å². The van der Waals surface area contributed by atoms with E-state index < -0.39 is 0 Å². The zero-order valence-corrected chi connectivity index (χ0v) is 9.86. The summed E-state index contributed by atoms with van der Waals surface area (Å²) in [5.74, 6) is -0.0941. The van der Waals surface area contributed by atoms with E-state index in [1.807, 2.05) is 13.2 Å². The molecule has 0 rings (SSSR count). The van der Waals surface area contributed by atoms with Gasteiger partial charge in [0.25, 0.3) is 0 Å². The fourth-order valence-electron chi connectivity index (χ4n) is 0.875. The van der Waals surface area contributed by atoms with Crippen molar-refractivity contribution in [3.05, 3.63) is 0 Å². The monoisotopic (exact) mass is 223 g/mol. The smallest absolute Gasteiger partial charge is 0.232 e. The fourth-order valence-corrected chi connectivity index (χ4v) is 1.57. The molecule has 0 heterocycles. The van der Waals surface area contributed by atoms with Gasteiger partial charge in [-0.15, -0.1) is 0 Å². The van der Waals surface area contributed by atoms with Crippen molar-refractivity contribution in [2.75, 3.05) is 12.9 Å². The van der Waals surface area contributed by atoms with Crippen LogP contribution in [0.5, 0.6) is 0 Å². The van der Waals surface area contributed by atoms with Gasteiger partial charge in [-0.3, -0.25) is 4.79 Å². The average molecular weight is 223 g/mol. The summed E-state index contributed by atoms with van der Waals surface area (Å²) in [6.07, 6.45) is 1.91. The van der Waals surface area contributed by atoms with Gasteiger partial charge in [-0.1, -0.05) is 0 Å². The van der Waals surface area contributed by atoms with Gasteiger partial charge in [0.05, 0.1) is 11.9 Å². The Hall–Kier alpha value is 0.130. The fraction of sp³-hybridized carbons (Fsp3) is 0.875. The highest BCUT2D eigenvalue weighted by atomic mass is 32.2. The molecule has 0 aliphatic carbocycles. The predicted molar refractivity (Wildman–Crippen MR) is 60.4 cm³/mol. The van der Waals surface area contributed by atoms with Crippen LogP contribution in [0, 0.1) is 0 Å². The number of hydrogen-bond donors (Lipinski definition) is 3. The normalized spacial score (nSPS) is 17.6. The zero-order chi connectivity index (χ0) is 10.4. The van der Waals surface area contributed by atoms with E-state index in [-0.39, 0.29) is 29.1 Å². The molecule has 0 saturated carbocycles. The average Bonchev–Trinajstić information content (AvgIpc) is 2.06. The Morgan fingerprint density at radius 1 is 1.62 bits per heavy atom. The zero-order valence-electron chi connectivity index (χ0n) is 8.15. The molecule has 0 radical (unpaired) electrons. The van der Waals surface area contributed by atoms with Crippen molar-refractivity contribution in [1.29, 1.82) is 0 Å². The molecule has 3 nitrogen and oxygen atoms in total. The van der Waals surface area contributed by atoms with Crippen LogP contribution < -0.4 is 5.32 Å². The summed E-state index contributed by atoms with van der Waals surface area (Å²) in [6, 6.07) is -0.0258.